The molecule has 0 bridgehead atoms. The van der Waals surface area contributed by atoms with Gasteiger partial charge in [0.05, 0.1) is 24.4 Å². The lowest BCUT2D eigenvalue weighted by Crippen LogP contribution is -2.06. The molecule has 0 aliphatic rings. The van der Waals surface area contributed by atoms with Gasteiger partial charge in [0.2, 0.25) is 0 Å². The van der Waals surface area contributed by atoms with Crippen molar-refractivity contribution >= 4 is 148 Å². The van der Waals surface area contributed by atoms with E-state index in [1.165, 1.54) is 44.5 Å². The van der Waals surface area contributed by atoms with Gasteiger partial charge < -0.3 is 0 Å². The molecule has 16 heteroatoms. The van der Waals surface area contributed by atoms with E-state index in [0.717, 1.165) is 71.8 Å². The quantitative estimate of drug-likeness (QED) is 0.0513. The first-order chi connectivity index (χ1) is 35.5. The van der Waals surface area contributed by atoms with Crippen LogP contribution in [0.2, 0.25) is 0 Å². The Morgan fingerprint density at radius 3 is 0.905 bits per heavy atom. The van der Waals surface area contributed by atoms with Gasteiger partial charge in [-0.25, -0.2) is 0 Å². The Hall–Kier alpha value is -1.87. The van der Waals surface area contributed by atoms with Crippen molar-refractivity contribution in [2.75, 3.05) is 6.26 Å². The Balaban J connectivity index is 0.000000312. The third-order valence-corrected chi connectivity index (χ3v) is 16.8. The van der Waals surface area contributed by atoms with Gasteiger partial charge in [-0.1, -0.05) is 270 Å². The van der Waals surface area contributed by atoms with Gasteiger partial charge in [-0.2, -0.15) is 16.8 Å². The highest BCUT2D eigenvalue weighted by atomic mass is 127. The molecule has 7 aromatic carbocycles. The molecule has 0 radical (unpaired) electrons. The van der Waals surface area contributed by atoms with Crippen LogP contribution in [0.1, 0.15) is 86.2 Å². The van der Waals surface area contributed by atoms with Crippen molar-refractivity contribution in [2.45, 2.75) is 94.2 Å². The number of hydrogen-bond acceptors (Lipinski definition) is 6. The molecule has 0 heterocycles. The van der Waals surface area contributed by atoms with E-state index < -0.39 is 20.2 Å². The first-order valence-electron chi connectivity index (χ1n) is 23.2. The number of aryl methyl sites for hydroxylation is 3. The molecule has 6 nitrogen and oxygen atoms in total. The van der Waals surface area contributed by atoms with Crippen molar-refractivity contribution in [1.82, 2.24) is 0 Å². The number of rotatable bonds is 17. The molecule has 74 heavy (non-hydrogen) atoms. The van der Waals surface area contributed by atoms with Crippen molar-refractivity contribution in [2.24, 2.45) is 0 Å². The summed E-state index contributed by atoms with van der Waals surface area (Å²) in [4.78, 5) is 0.188. The second-order valence-corrected chi connectivity index (χ2v) is 23.4. The summed E-state index contributed by atoms with van der Waals surface area (Å²) in [5.74, 6) is 1.74. The van der Waals surface area contributed by atoms with Crippen molar-refractivity contribution in [3.8, 4) is 0 Å². The van der Waals surface area contributed by atoms with E-state index >= 15 is 0 Å². The first kappa shape index (κ1) is 68.2. The molecule has 0 amide bonds. The topological polar surface area (TPSA) is 86.7 Å². The SMILES string of the molecule is BrCc1ccc(CBr)cc1.CCc1ccc(COS(=O)(=O)c2ccc(C)cc2)cc1.CCc1ccc(COS(C)(=O)=O)cc1.ClCc1ccc(CBr)cc1.ClCc1ccc(CCl)cc1.ICc1ccc(CI)cc1. The number of halogens is 8. The van der Waals surface area contributed by atoms with Gasteiger partial charge in [0.25, 0.3) is 20.2 Å². The fourth-order valence-electron chi connectivity index (χ4n) is 5.71. The molecule has 7 rings (SSSR count). The molecule has 0 spiro atoms. The van der Waals surface area contributed by atoms with E-state index in [-0.39, 0.29) is 18.1 Å². The number of benzene rings is 7. The summed E-state index contributed by atoms with van der Waals surface area (Å²) in [5.41, 5.74) is 15.4. The van der Waals surface area contributed by atoms with Crippen LogP contribution in [-0.2, 0) is 97.1 Å². The lowest BCUT2D eigenvalue weighted by molar-refractivity contribution is 0.308. The summed E-state index contributed by atoms with van der Waals surface area (Å²) in [5, 5.41) is 2.79. The van der Waals surface area contributed by atoms with E-state index in [1.54, 1.807) is 24.3 Å². The zero-order chi connectivity index (χ0) is 54.8. The fraction of sp³-hybridized carbons (Fsp3) is 0.276. The van der Waals surface area contributed by atoms with Crippen LogP contribution in [0.3, 0.4) is 0 Å². The van der Waals surface area contributed by atoms with Crippen LogP contribution >= 0.6 is 128 Å². The van der Waals surface area contributed by atoms with Crippen LogP contribution in [0.25, 0.3) is 0 Å². The lowest BCUT2D eigenvalue weighted by atomic mass is 10.1. The highest BCUT2D eigenvalue weighted by Crippen LogP contribution is 2.17. The molecule has 0 saturated heterocycles. The minimum Gasteiger partial charge on any atom is -0.265 e. The molecular formula is C58H64Br3Cl3I2O6S2. The normalized spacial score (nSPS) is 10.6. The lowest BCUT2D eigenvalue weighted by Gasteiger charge is -2.06. The minimum absolute atomic E-state index is 0.0558. The molecule has 400 valence electrons. The van der Waals surface area contributed by atoms with E-state index in [0.29, 0.717) is 17.6 Å². The third kappa shape index (κ3) is 29.8. The Bertz CT molecular complexity index is 2510. The van der Waals surface area contributed by atoms with E-state index in [9.17, 15) is 16.8 Å². The summed E-state index contributed by atoms with van der Waals surface area (Å²) in [6.07, 6.45) is 2.99. The molecule has 0 unspecified atom stereocenters. The highest BCUT2D eigenvalue weighted by Gasteiger charge is 2.15. The second-order valence-electron chi connectivity index (χ2n) is 16.2. The van der Waals surface area contributed by atoms with Crippen LogP contribution in [-0.4, -0.2) is 23.1 Å². The van der Waals surface area contributed by atoms with Crippen LogP contribution in [0.5, 0.6) is 0 Å². The summed E-state index contributed by atoms with van der Waals surface area (Å²) in [7, 11) is -7.03. The van der Waals surface area contributed by atoms with Gasteiger partial charge in [0, 0.05) is 42.5 Å². The van der Waals surface area contributed by atoms with Crippen molar-refractivity contribution in [3.63, 3.8) is 0 Å². The summed E-state index contributed by atoms with van der Waals surface area (Å²) < 4.78 is 57.4. The Kier molecular flexibility index (Phi) is 36.4. The molecule has 0 atom stereocenters. The smallest absolute Gasteiger partial charge is 0.265 e. The molecule has 0 aromatic heterocycles. The van der Waals surface area contributed by atoms with Gasteiger partial charge >= 0.3 is 0 Å². The zero-order valence-electron chi connectivity index (χ0n) is 41.9. The molecule has 0 aliphatic heterocycles. The molecular weight excluding hydrogens is 1460 g/mol. The highest BCUT2D eigenvalue weighted by molar-refractivity contribution is 14.1. The van der Waals surface area contributed by atoms with E-state index in [4.69, 9.17) is 39.0 Å². The fourth-order valence-corrected chi connectivity index (χ4v) is 9.63. The van der Waals surface area contributed by atoms with Crippen molar-refractivity contribution in [3.05, 3.63) is 242 Å². The number of hydrogen-bond donors (Lipinski definition) is 0. The average molecular weight is 1520 g/mol. The predicted octanol–water partition coefficient (Wildman–Crippen LogP) is 18.7. The zero-order valence-corrected chi connectivity index (χ0v) is 54.9. The third-order valence-electron chi connectivity index (χ3n) is 10.3. The molecule has 0 saturated carbocycles. The van der Waals surface area contributed by atoms with Gasteiger partial charge in [-0.15, -0.1) is 34.8 Å². The van der Waals surface area contributed by atoms with Crippen molar-refractivity contribution < 1.29 is 25.2 Å². The van der Waals surface area contributed by atoms with Crippen LogP contribution in [0.4, 0.5) is 0 Å². The van der Waals surface area contributed by atoms with Gasteiger partial charge in [0.15, 0.2) is 0 Å². The standard InChI is InChI=1S/C16H18O3S.C10H14O3S.C8H8Br2.C8H8BrCl.C8H8Cl2.C8H8I2/c1-3-14-6-8-15(9-7-14)12-19-20(17,18)16-10-4-13(2)5-11-16;1-3-9-4-6-10(7-5-9)8-13-14(2,11)12;9-5-7-1-2-8(6-10)4-3-7;9-5-7-1-3-8(6-10)4-2-7;2*9-5-7-1-2-8(6-10)4-3-7/h4-11H,3,12H2,1-2H3;4-7H,3,8H2,1-2H3;4*1-4H,5-6H2. The maximum Gasteiger partial charge on any atom is 0.297 e. The van der Waals surface area contributed by atoms with Gasteiger partial charge in [0.1, 0.15) is 0 Å². The van der Waals surface area contributed by atoms with Crippen LogP contribution in [0, 0.1) is 6.92 Å². The molecule has 0 N–H and O–H groups in total. The second kappa shape index (κ2) is 39.5. The minimum atomic E-state index is -3.69. The largest absolute Gasteiger partial charge is 0.297 e. The monoisotopic (exact) mass is 1520 g/mol. The summed E-state index contributed by atoms with van der Waals surface area (Å²) >= 11 is 31.7. The molecule has 7 aromatic rings. The summed E-state index contributed by atoms with van der Waals surface area (Å²) in [6.45, 7) is 6.23. The van der Waals surface area contributed by atoms with E-state index in [1.807, 2.05) is 91.9 Å². The van der Waals surface area contributed by atoms with Crippen LogP contribution in [0.15, 0.2) is 175 Å². The van der Waals surface area contributed by atoms with Gasteiger partial charge in [-0.3, -0.25) is 8.37 Å². The molecule has 0 aliphatic carbocycles. The Labute approximate surface area is 510 Å². The average Bonchev–Trinajstić information content (AvgIpc) is 3.45. The van der Waals surface area contributed by atoms with Crippen LogP contribution < -0.4 is 0 Å². The van der Waals surface area contributed by atoms with Crippen molar-refractivity contribution in [1.29, 1.82) is 0 Å². The predicted molar refractivity (Wildman–Crippen MR) is 342 cm³/mol. The Morgan fingerprint density at radius 1 is 0.392 bits per heavy atom. The van der Waals surface area contributed by atoms with Gasteiger partial charge in [-0.05, 0) is 98.7 Å². The first-order valence-corrected chi connectivity index (χ1v) is 34.5. The Morgan fingerprint density at radius 2 is 0.649 bits per heavy atom. The van der Waals surface area contributed by atoms with E-state index in [2.05, 4.69) is 172 Å². The maximum atomic E-state index is 12.0. The summed E-state index contributed by atoms with van der Waals surface area (Å²) in [6, 6.07) is 55.6. The maximum absolute atomic E-state index is 12.0. The molecule has 0 fully saturated rings. The number of alkyl halides is 8.